The fourth-order valence-electron chi connectivity index (χ4n) is 2.89. The molecule has 0 spiro atoms. The predicted octanol–water partition coefficient (Wildman–Crippen LogP) is 2.50. The Kier molecular flexibility index (Phi) is 3.81. The fourth-order valence-corrected chi connectivity index (χ4v) is 4.06. The van der Waals surface area contributed by atoms with E-state index in [1.54, 1.807) is 23.5 Å². The zero-order valence-electron chi connectivity index (χ0n) is 13.1. The molecule has 0 radical (unpaired) electrons. The minimum Gasteiger partial charge on any atom is -0.298 e. The number of fused-ring (bicyclic) bond motifs is 1. The molecular formula is C16H16N6OS. The highest BCUT2D eigenvalue weighted by molar-refractivity contribution is 7.15. The lowest BCUT2D eigenvalue weighted by molar-refractivity contribution is 0.102. The molecule has 0 fully saturated rings. The van der Waals surface area contributed by atoms with Crippen LogP contribution in [-0.2, 0) is 12.8 Å². The second-order valence-electron chi connectivity index (χ2n) is 5.96. The summed E-state index contributed by atoms with van der Waals surface area (Å²) in [7, 11) is 0. The molecule has 1 N–H and O–H groups in total. The van der Waals surface area contributed by atoms with E-state index in [4.69, 9.17) is 0 Å². The van der Waals surface area contributed by atoms with E-state index in [1.165, 1.54) is 15.9 Å². The molecule has 4 rings (SSSR count). The lowest BCUT2D eigenvalue weighted by Crippen LogP contribution is -2.15. The van der Waals surface area contributed by atoms with Gasteiger partial charge in [0.15, 0.2) is 5.13 Å². The summed E-state index contributed by atoms with van der Waals surface area (Å²) in [6.07, 6.45) is 4.66. The topological polar surface area (TPSA) is 85.6 Å². The number of benzene rings is 1. The molecule has 1 aliphatic carbocycles. The average molecular weight is 340 g/mol. The van der Waals surface area contributed by atoms with Crippen molar-refractivity contribution in [3.05, 3.63) is 46.7 Å². The summed E-state index contributed by atoms with van der Waals surface area (Å²) in [5.74, 6) is 0.474. The van der Waals surface area contributed by atoms with Crippen LogP contribution < -0.4 is 5.32 Å². The number of aryl methyl sites for hydroxylation is 1. The quantitative estimate of drug-likeness (QED) is 0.792. The Morgan fingerprint density at radius 3 is 3.08 bits per heavy atom. The van der Waals surface area contributed by atoms with Gasteiger partial charge >= 0.3 is 0 Å². The van der Waals surface area contributed by atoms with Crippen LogP contribution in [0.15, 0.2) is 30.6 Å². The Balaban J connectivity index is 1.60. The van der Waals surface area contributed by atoms with Gasteiger partial charge in [-0.15, -0.1) is 16.4 Å². The van der Waals surface area contributed by atoms with Crippen molar-refractivity contribution in [3.63, 3.8) is 0 Å². The zero-order chi connectivity index (χ0) is 16.5. The molecule has 0 saturated heterocycles. The van der Waals surface area contributed by atoms with Gasteiger partial charge < -0.3 is 0 Å². The number of hydrogen-bond acceptors (Lipinski definition) is 6. The molecule has 3 aromatic rings. The van der Waals surface area contributed by atoms with Crippen molar-refractivity contribution in [2.24, 2.45) is 5.92 Å². The van der Waals surface area contributed by atoms with Crippen molar-refractivity contribution in [1.82, 2.24) is 25.2 Å². The molecule has 1 aromatic carbocycles. The molecule has 0 bridgehead atoms. The first-order valence-corrected chi connectivity index (χ1v) is 8.64. The van der Waals surface area contributed by atoms with Crippen molar-refractivity contribution < 1.29 is 4.79 Å². The highest BCUT2D eigenvalue weighted by Crippen LogP contribution is 2.32. The fraction of sp³-hybridized carbons (Fsp3) is 0.312. The number of carbonyl (C=O) groups is 1. The highest BCUT2D eigenvalue weighted by atomic mass is 32.1. The Morgan fingerprint density at radius 1 is 1.38 bits per heavy atom. The smallest absolute Gasteiger partial charge is 0.259 e. The Labute approximate surface area is 142 Å². The minimum absolute atomic E-state index is 0.208. The second kappa shape index (κ2) is 6.12. The van der Waals surface area contributed by atoms with Crippen molar-refractivity contribution in [2.45, 2.75) is 26.2 Å². The number of aromatic nitrogens is 5. The van der Waals surface area contributed by atoms with E-state index in [1.807, 2.05) is 12.1 Å². The van der Waals surface area contributed by atoms with Crippen LogP contribution in [0.5, 0.6) is 0 Å². The predicted molar refractivity (Wildman–Crippen MR) is 90.4 cm³/mol. The maximum absolute atomic E-state index is 12.7. The van der Waals surface area contributed by atoms with Gasteiger partial charge in [-0.2, -0.15) is 4.68 Å². The second-order valence-corrected chi connectivity index (χ2v) is 7.05. The Morgan fingerprint density at radius 2 is 2.25 bits per heavy atom. The summed E-state index contributed by atoms with van der Waals surface area (Å²) in [4.78, 5) is 18.6. The zero-order valence-corrected chi connectivity index (χ0v) is 14.0. The van der Waals surface area contributed by atoms with Crippen molar-refractivity contribution >= 4 is 22.4 Å². The van der Waals surface area contributed by atoms with E-state index >= 15 is 0 Å². The molecule has 7 nitrogen and oxygen atoms in total. The van der Waals surface area contributed by atoms with Crippen molar-refractivity contribution in [3.8, 4) is 5.69 Å². The number of anilines is 1. The number of nitrogens with zero attached hydrogens (tertiary/aromatic N) is 5. The molecule has 1 atom stereocenters. The number of hydrogen-bond donors (Lipinski definition) is 1. The van der Waals surface area contributed by atoms with Gasteiger partial charge in [-0.25, -0.2) is 4.98 Å². The normalized spacial score (nSPS) is 16.6. The highest BCUT2D eigenvalue weighted by Gasteiger charge is 2.21. The average Bonchev–Trinajstić information content (AvgIpc) is 3.23. The molecule has 122 valence electrons. The number of para-hydroxylation sites is 1. The van der Waals surface area contributed by atoms with Crippen LogP contribution in [-0.4, -0.2) is 31.1 Å². The number of nitrogens with one attached hydrogen (secondary N) is 1. The summed E-state index contributed by atoms with van der Waals surface area (Å²) < 4.78 is 1.48. The largest absolute Gasteiger partial charge is 0.298 e. The molecule has 8 heteroatoms. The van der Waals surface area contributed by atoms with E-state index in [9.17, 15) is 4.79 Å². The third-order valence-electron chi connectivity index (χ3n) is 4.15. The van der Waals surface area contributed by atoms with Crippen LogP contribution in [0.25, 0.3) is 5.69 Å². The van der Waals surface area contributed by atoms with Crippen LogP contribution in [0.3, 0.4) is 0 Å². The molecule has 2 heterocycles. The minimum atomic E-state index is -0.208. The van der Waals surface area contributed by atoms with Crippen molar-refractivity contribution in [2.75, 3.05) is 5.32 Å². The van der Waals surface area contributed by atoms with Gasteiger partial charge in [0.1, 0.15) is 6.33 Å². The molecule has 0 aliphatic heterocycles. The van der Waals surface area contributed by atoms with E-state index in [0.717, 1.165) is 25.0 Å². The van der Waals surface area contributed by atoms with Crippen molar-refractivity contribution in [1.29, 1.82) is 0 Å². The number of amides is 1. The molecule has 1 amide bonds. The van der Waals surface area contributed by atoms with Gasteiger partial charge in [0, 0.05) is 4.88 Å². The lowest BCUT2D eigenvalue weighted by Gasteiger charge is -2.15. The maximum Gasteiger partial charge on any atom is 0.259 e. The van der Waals surface area contributed by atoms with Gasteiger partial charge in [0.05, 0.1) is 16.9 Å². The number of thiazole rings is 1. The van der Waals surface area contributed by atoms with Gasteiger partial charge in [-0.1, -0.05) is 19.1 Å². The van der Waals surface area contributed by atoms with Crippen LogP contribution >= 0.6 is 11.3 Å². The third kappa shape index (κ3) is 2.80. The molecule has 1 unspecified atom stereocenters. The number of rotatable bonds is 3. The maximum atomic E-state index is 12.7. The molecule has 24 heavy (non-hydrogen) atoms. The van der Waals surface area contributed by atoms with Gasteiger partial charge in [0.25, 0.3) is 5.91 Å². The molecule has 0 saturated carbocycles. The summed E-state index contributed by atoms with van der Waals surface area (Å²) in [5.41, 5.74) is 2.27. The monoisotopic (exact) mass is 340 g/mol. The SMILES string of the molecule is CC1CCc2nc(NC(=O)c3ccccc3-n3cnnn3)sc2C1. The first-order valence-electron chi connectivity index (χ1n) is 7.83. The number of tetrazole rings is 1. The number of carbonyl (C=O) groups excluding carboxylic acids is 1. The van der Waals surface area contributed by atoms with E-state index < -0.39 is 0 Å². The van der Waals surface area contributed by atoms with E-state index in [0.29, 0.717) is 22.3 Å². The van der Waals surface area contributed by atoms with E-state index in [2.05, 4.69) is 32.7 Å². The molecular weight excluding hydrogens is 324 g/mol. The third-order valence-corrected chi connectivity index (χ3v) is 5.19. The van der Waals surface area contributed by atoms with Crippen LogP contribution in [0.1, 0.15) is 34.3 Å². The summed E-state index contributed by atoms with van der Waals surface area (Å²) in [6, 6.07) is 7.22. The van der Waals surface area contributed by atoms with Crippen LogP contribution in [0.4, 0.5) is 5.13 Å². The van der Waals surface area contributed by atoms with Crippen LogP contribution in [0.2, 0.25) is 0 Å². The molecule has 2 aromatic heterocycles. The van der Waals surface area contributed by atoms with Crippen LogP contribution in [0, 0.1) is 5.92 Å². The Bertz CT molecular complexity index is 873. The van der Waals surface area contributed by atoms with E-state index in [-0.39, 0.29) is 5.91 Å². The van der Waals surface area contributed by atoms with Gasteiger partial charge in [-0.3, -0.25) is 10.1 Å². The van der Waals surface area contributed by atoms with Gasteiger partial charge in [0.2, 0.25) is 0 Å². The Hall–Kier alpha value is -2.61. The molecule has 1 aliphatic rings. The van der Waals surface area contributed by atoms with Gasteiger partial charge in [-0.05, 0) is 47.7 Å². The summed E-state index contributed by atoms with van der Waals surface area (Å²) >= 11 is 1.58. The lowest BCUT2D eigenvalue weighted by atomic mass is 9.93. The summed E-state index contributed by atoms with van der Waals surface area (Å²) in [5, 5.41) is 14.7. The first kappa shape index (κ1) is 14.9. The first-order chi connectivity index (χ1) is 11.7. The summed E-state index contributed by atoms with van der Waals surface area (Å²) in [6.45, 7) is 2.25. The standard InChI is InChI=1S/C16H16N6OS/c1-10-6-7-12-14(8-10)24-16(18-12)19-15(23)11-4-2-3-5-13(11)22-9-17-20-21-22/h2-5,9-10H,6-8H2,1H3,(H,18,19,23).